The summed E-state index contributed by atoms with van der Waals surface area (Å²) in [7, 11) is -2.93. The summed E-state index contributed by atoms with van der Waals surface area (Å²) < 4.78 is 2.20. The number of hydrogen-bond donors (Lipinski definition) is 0. The van der Waals surface area contributed by atoms with Gasteiger partial charge < -0.3 is 4.57 Å². The van der Waals surface area contributed by atoms with Gasteiger partial charge in [-0.3, -0.25) is 0 Å². The fourth-order valence-corrected chi connectivity index (χ4v) is 12.3. The molecule has 5 heteroatoms. The van der Waals surface area contributed by atoms with Crippen LogP contribution in [0.5, 0.6) is 0 Å². The van der Waals surface area contributed by atoms with Crippen LogP contribution in [0.2, 0.25) is 0 Å². The number of nitrogens with zero attached hydrogens (tertiary/aromatic N) is 4. The average Bonchev–Trinajstić information content (AvgIpc) is 3.52. The number of aromatic nitrogens is 1. The third-order valence-corrected chi connectivity index (χ3v) is 14.4. The third-order valence-electron chi connectivity index (χ3n) is 9.63. The SMILES string of the molecule is [C-]#[N+]c1ccc2c(c1)c1cc(C#N)ccc1n2-c1ccc(-c2cccc([Si](c3ccccc3)(c3ccccc3)c3ccccc3C#N)c2)cc1. The number of hydrogen-bond acceptors (Lipinski definition) is 2. The molecule has 0 saturated heterocycles. The van der Waals surface area contributed by atoms with E-state index in [-0.39, 0.29) is 0 Å². The van der Waals surface area contributed by atoms with Gasteiger partial charge in [0, 0.05) is 11.1 Å². The molecule has 0 N–H and O–H groups in total. The van der Waals surface area contributed by atoms with Gasteiger partial charge in [0.15, 0.2) is 13.8 Å². The molecule has 0 unspecified atom stereocenters. The molecule has 0 bridgehead atoms. The molecule has 1 heterocycles. The lowest BCUT2D eigenvalue weighted by Crippen LogP contribution is -2.75. The number of nitriles is 2. The van der Waals surface area contributed by atoms with Crippen LogP contribution >= 0.6 is 0 Å². The van der Waals surface area contributed by atoms with Crippen molar-refractivity contribution in [1.82, 2.24) is 4.57 Å². The molecule has 7 aromatic carbocycles. The van der Waals surface area contributed by atoms with E-state index in [9.17, 15) is 10.5 Å². The van der Waals surface area contributed by atoms with Gasteiger partial charge in [-0.1, -0.05) is 121 Å². The van der Waals surface area contributed by atoms with Gasteiger partial charge in [-0.25, -0.2) is 4.85 Å². The van der Waals surface area contributed by atoms with E-state index in [1.807, 2.05) is 66.7 Å². The summed E-state index contributed by atoms with van der Waals surface area (Å²) in [5.74, 6) is 0. The van der Waals surface area contributed by atoms with Crippen LogP contribution < -0.4 is 20.7 Å². The Labute approximate surface area is 291 Å². The van der Waals surface area contributed by atoms with Crippen molar-refractivity contribution < 1.29 is 0 Å². The highest BCUT2D eigenvalue weighted by Gasteiger charge is 2.43. The van der Waals surface area contributed by atoms with Crippen LogP contribution in [0.25, 0.3) is 43.5 Å². The van der Waals surface area contributed by atoms with Crippen molar-refractivity contribution in [2.75, 3.05) is 0 Å². The Morgan fingerprint density at radius 2 is 1.14 bits per heavy atom. The first-order valence-electron chi connectivity index (χ1n) is 16.3. The second kappa shape index (κ2) is 12.6. The molecule has 0 radical (unpaired) electrons. The highest BCUT2D eigenvalue weighted by Crippen LogP contribution is 2.35. The monoisotopic (exact) mass is 652 g/mol. The molecule has 232 valence electrons. The summed E-state index contributed by atoms with van der Waals surface area (Å²) in [5, 5.41) is 26.6. The Kier molecular flexibility index (Phi) is 7.63. The zero-order chi connectivity index (χ0) is 34.1. The molecule has 0 aliphatic carbocycles. The predicted octanol–water partition coefficient (Wildman–Crippen LogP) is 8.12. The maximum absolute atomic E-state index is 10.4. The fourth-order valence-electron chi connectivity index (χ4n) is 7.41. The molecular formula is C45H28N4Si. The molecule has 0 spiro atoms. The first-order valence-corrected chi connectivity index (χ1v) is 18.3. The Bertz CT molecular complexity index is 2560. The molecule has 1 aromatic heterocycles. The fraction of sp³-hybridized carbons (Fsp3) is 0. The molecule has 8 aromatic rings. The lowest BCUT2D eigenvalue weighted by molar-refractivity contribution is 1.18. The van der Waals surface area contributed by atoms with Gasteiger partial charge in [-0.2, -0.15) is 10.5 Å². The van der Waals surface area contributed by atoms with Crippen molar-refractivity contribution in [2.45, 2.75) is 0 Å². The second-order valence-corrected chi connectivity index (χ2v) is 16.0. The van der Waals surface area contributed by atoms with Crippen LogP contribution in [0.4, 0.5) is 5.69 Å². The largest absolute Gasteiger partial charge is 0.309 e. The van der Waals surface area contributed by atoms with Gasteiger partial charge in [0.05, 0.1) is 40.9 Å². The van der Waals surface area contributed by atoms with Crippen molar-refractivity contribution in [1.29, 1.82) is 10.5 Å². The molecule has 0 fully saturated rings. The van der Waals surface area contributed by atoms with Gasteiger partial charge in [-0.05, 0) is 85.8 Å². The minimum Gasteiger partial charge on any atom is -0.309 e. The first-order chi connectivity index (χ1) is 24.6. The van der Waals surface area contributed by atoms with Gasteiger partial charge in [0.2, 0.25) is 0 Å². The zero-order valence-corrected chi connectivity index (χ0v) is 28.0. The van der Waals surface area contributed by atoms with Crippen molar-refractivity contribution in [2.24, 2.45) is 0 Å². The van der Waals surface area contributed by atoms with Crippen molar-refractivity contribution in [3.63, 3.8) is 0 Å². The van der Waals surface area contributed by atoms with E-state index in [2.05, 4.69) is 125 Å². The number of benzene rings is 7. The number of fused-ring (bicyclic) bond motifs is 3. The molecular weight excluding hydrogens is 625 g/mol. The Balaban J connectivity index is 1.30. The molecule has 0 aliphatic heterocycles. The molecule has 0 atom stereocenters. The van der Waals surface area contributed by atoms with Gasteiger partial charge in [0.1, 0.15) is 0 Å². The summed E-state index contributed by atoms with van der Waals surface area (Å²) >= 11 is 0. The van der Waals surface area contributed by atoms with Crippen LogP contribution in [0.15, 0.2) is 170 Å². The highest BCUT2D eigenvalue weighted by molar-refractivity contribution is 7.20. The van der Waals surface area contributed by atoms with E-state index >= 15 is 0 Å². The van der Waals surface area contributed by atoms with Gasteiger partial charge in [-0.15, -0.1) is 0 Å². The minimum atomic E-state index is -2.93. The molecule has 8 rings (SSSR count). The van der Waals surface area contributed by atoms with Crippen LogP contribution in [-0.4, -0.2) is 12.6 Å². The normalized spacial score (nSPS) is 11.1. The topological polar surface area (TPSA) is 56.9 Å². The summed E-state index contributed by atoms with van der Waals surface area (Å²) in [4.78, 5) is 3.65. The minimum absolute atomic E-state index is 0.567. The van der Waals surface area contributed by atoms with Gasteiger partial charge >= 0.3 is 0 Å². The summed E-state index contributed by atoms with van der Waals surface area (Å²) in [6, 6.07) is 63.0. The molecule has 50 heavy (non-hydrogen) atoms. The Morgan fingerprint density at radius 3 is 1.80 bits per heavy atom. The maximum atomic E-state index is 10.4. The average molecular weight is 653 g/mol. The summed E-state index contributed by atoms with van der Waals surface area (Å²) in [5.41, 5.74) is 6.97. The smallest absolute Gasteiger partial charge is 0.188 e. The highest BCUT2D eigenvalue weighted by atomic mass is 28.3. The van der Waals surface area contributed by atoms with Crippen LogP contribution in [0.1, 0.15) is 11.1 Å². The second-order valence-electron chi connectivity index (χ2n) is 12.3. The molecule has 0 aliphatic rings. The molecule has 0 amide bonds. The van der Waals surface area contributed by atoms with Crippen LogP contribution in [-0.2, 0) is 0 Å². The molecule has 4 nitrogen and oxygen atoms in total. The zero-order valence-electron chi connectivity index (χ0n) is 27.0. The van der Waals surface area contributed by atoms with E-state index in [0.717, 1.165) is 43.8 Å². The van der Waals surface area contributed by atoms with Crippen LogP contribution in [0.3, 0.4) is 0 Å². The van der Waals surface area contributed by atoms with E-state index in [1.54, 1.807) is 0 Å². The van der Waals surface area contributed by atoms with Crippen LogP contribution in [0, 0.1) is 29.2 Å². The van der Waals surface area contributed by atoms with E-state index in [4.69, 9.17) is 6.57 Å². The van der Waals surface area contributed by atoms with Crippen molar-refractivity contribution in [3.8, 4) is 29.0 Å². The third kappa shape index (κ3) is 4.88. The Hall–Kier alpha value is -6.97. The maximum Gasteiger partial charge on any atom is 0.188 e. The van der Waals surface area contributed by atoms with E-state index in [1.165, 1.54) is 15.6 Å². The lowest BCUT2D eigenvalue weighted by atomic mass is 10.1. The van der Waals surface area contributed by atoms with Crippen molar-refractivity contribution >= 4 is 56.3 Å². The summed E-state index contributed by atoms with van der Waals surface area (Å²) in [6.07, 6.45) is 0. The Morgan fingerprint density at radius 1 is 0.520 bits per heavy atom. The molecule has 0 saturated carbocycles. The van der Waals surface area contributed by atoms with E-state index in [0.29, 0.717) is 16.8 Å². The standard InChI is InChI=1S/C45H28N4Si/c1-48-36-22-26-44-42(29-36)41-27-32(30-46)19-25-43(41)49(44)37-23-20-33(21-24-37)34-12-10-17-40(28-34)50(38-13-4-2-5-14-38,39-15-6-3-7-16-39)45-18-9-8-11-35(45)31-47/h2-29H. The van der Waals surface area contributed by atoms with Crippen molar-refractivity contribution in [3.05, 3.63) is 192 Å². The predicted molar refractivity (Wildman–Crippen MR) is 206 cm³/mol. The lowest BCUT2D eigenvalue weighted by Gasteiger charge is -2.35. The number of rotatable bonds is 6. The van der Waals surface area contributed by atoms with Gasteiger partial charge in [0.25, 0.3) is 0 Å². The quantitative estimate of drug-likeness (QED) is 0.104. The van der Waals surface area contributed by atoms with E-state index < -0.39 is 8.07 Å². The first kappa shape index (κ1) is 30.4. The summed E-state index contributed by atoms with van der Waals surface area (Å²) in [6.45, 7) is 7.56.